The molecule has 2 aromatic rings. The van der Waals surface area contributed by atoms with E-state index in [0.717, 1.165) is 22.3 Å². The number of hydrogen-bond donors (Lipinski definition) is 2. The normalized spacial score (nSPS) is 17.9. The maximum Gasteiger partial charge on any atom is 0.407 e. The summed E-state index contributed by atoms with van der Waals surface area (Å²) in [6, 6.07) is 14.8. The molecule has 0 bridgehead atoms. The van der Waals surface area contributed by atoms with Gasteiger partial charge in [0, 0.05) is 12.5 Å². The average Bonchev–Trinajstić information content (AvgIpc) is 3.18. The highest BCUT2D eigenvalue weighted by Crippen LogP contribution is 2.44. The van der Waals surface area contributed by atoms with E-state index in [1.807, 2.05) is 42.7 Å². The molecule has 1 aliphatic heterocycles. The zero-order valence-corrected chi connectivity index (χ0v) is 20.5. The van der Waals surface area contributed by atoms with Gasteiger partial charge in [-0.25, -0.2) is 4.79 Å². The van der Waals surface area contributed by atoms with Gasteiger partial charge in [0.15, 0.2) is 0 Å². The van der Waals surface area contributed by atoms with Crippen LogP contribution >= 0.6 is 11.8 Å². The summed E-state index contributed by atoms with van der Waals surface area (Å²) in [5.41, 5.74) is 4.51. The fourth-order valence-corrected chi connectivity index (χ4v) is 5.26. The van der Waals surface area contributed by atoms with E-state index in [0.29, 0.717) is 25.3 Å². The Bertz CT molecular complexity index is 1030. The molecular formula is C26H30N2O6S. The highest BCUT2D eigenvalue weighted by molar-refractivity contribution is 7.98. The van der Waals surface area contributed by atoms with Gasteiger partial charge in [-0.1, -0.05) is 48.5 Å². The number of ether oxygens (including phenoxy) is 2. The lowest BCUT2D eigenvalue weighted by molar-refractivity contribution is -0.147. The number of morpholine rings is 1. The molecule has 2 amide bonds. The summed E-state index contributed by atoms with van der Waals surface area (Å²) >= 11 is 1.57. The van der Waals surface area contributed by atoms with Crippen LogP contribution in [-0.2, 0) is 19.1 Å². The summed E-state index contributed by atoms with van der Waals surface area (Å²) in [5, 5.41) is 12.0. The molecule has 0 radical (unpaired) electrons. The quantitative estimate of drug-likeness (QED) is 0.546. The van der Waals surface area contributed by atoms with Crippen LogP contribution < -0.4 is 5.32 Å². The molecule has 1 unspecified atom stereocenters. The fraction of sp³-hybridized carbons (Fsp3) is 0.423. The smallest absolute Gasteiger partial charge is 0.407 e. The summed E-state index contributed by atoms with van der Waals surface area (Å²) < 4.78 is 11.0. The number of nitrogens with one attached hydrogen (secondary N) is 1. The molecule has 0 aromatic heterocycles. The Balaban J connectivity index is 1.43. The number of carbonyl (C=O) groups excluding carboxylic acids is 2. The van der Waals surface area contributed by atoms with E-state index in [9.17, 15) is 19.5 Å². The van der Waals surface area contributed by atoms with E-state index in [-0.39, 0.29) is 31.5 Å². The van der Waals surface area contributed by atoms with Gasteiger partial charge < -0.3 is 24.8 Å². The Morgan fingerprint density at radius 1 is 1.14 bits per heavy atom. The van der Waals surface area contributed by atoms with Gasteiger partial charge in [0.1, 0.15) is 12.6 Å². The lowest BCUT2D eigenvalue weighted by atomic mass is 9.98. The fourth-order valence-electron chi connectivity index (χ4n) is 4.79. The molecule has 1 fully saturated rings. The predicted octanol–water partition coefficient (Wildman–Crippen LogP) is 3.35. The van der Waals surface area contributed by atoms with E-state index in [4.69, 9.17) is 9.47 Å². The van der Waals surface area contributed by atoms with Crippen molar-refractivity contribution >= 4 is 29.7 Å². The van der Waals surface area contributed by atoms with Crippen molar-refractivity contribution in [1.82, 2.24) is 10.2 Å². The number of thioether (sulfide) groups is 1. The number of carboxylic acids is 1. The van der Waals surface area contributed by atoms with Gasteiger partial charge in [-0.2, -0.15) is 11.8 Å². The average molecular weight is 499 g/mol. The number of carbonyl (C=O) groups is 3. The second kappa shape index (κ2) is 11.6. The minimum absolute atomic E-state index is 0.0762. The second-order valence-corrected chi connectivity index (χ2v) is 9.65. The van der Waals surface area contributed by atoms with Gasteiger partial charge in [0.05, 0.1) is 25.7 Å². The molecule has 0 saturated carbocycles. The van der Waals surface area contributed by atoms with Crippen LogP contribution in [-0.4, -0.2) is 78.4 Å². The van der Waals surface area contributed by atoms with Crippen LogP contribution in [0.1, 0.15) is 29.9 Å². The van der Waals surface area contributed by atoms with Crippen LogP contribution in [0.25, 0.3) is 11.1 Å². The molecule has 1 saturated heterocycles. The molecule has 4 rings (SSSR count). The SMILES string of the molecule is CSCC[C@H](NC(=O)OCC1c2ccccc2-c2ccccc21)C(=O)N1CCOCC1CC(=O)O. The number of benzene rings is 2. The Morgan fingerprint density at radius 3 is 2.43 bits per heavy atom. The number of carboxylic acid groups (broad SMARTS) is 1. The largest absolute Gasteiger partial charge is 0.481 e. The monoisotopic (exact) mass is 498 g/mol. The molecule has 2 aromatic carbocycles. The zero-order chi connectivity index (χ0) is 24.8. The third kappa shape index (κ3) is 5.79. The maximum atomic E-state index is 13.3. The van der Waals surface area contributed by atoms with Crippen LogP contribution in [0.15, 0.2) is 48.5 Å². The molecule has 9 heteroatoms. The van der Waals surface area contributed by atoms with Crippen molar-refractivity contribution in [2.45, 2.75) is 30.8 Å². The first kappa shape index (κ1) is 25.1. The molecule has 1 aliphatic carbocycles. The molecule has 186 valence electrons. The lowest BCUT2D eigenvalue weighted by Gasteiger charge is -2.37. The van der Waals surface area contributed by atoms with Crippen LogP contribution in [0.5, 0.6) is 0 Å². The number of alkyl carbamates (subject to hydrolysis) is 1. The van der Waals surface area contributed by atoms with Crippen molar-refractivity contribution in [2.75, 3.05) is 38.4 Å². The Labute approximate surface area is 209 Å². The third-order valence-corrected chi connectivity index (χ3v) is 7.11. The topological polar surface area (TPSA) is 105 Å². The third-order valence-electron chi connectivity index (χ3n) is 6.47. The number of rotatable bonds is 9. The van der Waals surface area contributed by atoms with Crippen molar-refractivity contribution in [2.24, 2.45) is 0 Å². The highest BCUT2D eigenvalue weighted by atomic mass is 32.2. The highest BCUT2D eigenvalue weighted by Gasteiger charge is 2.35. The van der Waals surface area contributed by atoms with E-state index in [1.165, 1.54) is 4.90 Å². The standard InChI is InChI=1S/C26H30N2O6S/c1-35-13-10-23(25(31)28-11-12-33-15-17(28)14-24(29)30)27-26(32)34-16-22-20-8-4-2-6-18(20)19-7-3-5-9-21(19)22/h2-9,17,22-23H,10-16H2,1H3,(H,27,32)(H,29,30)/t17?,23-/m0/s1. The first-order chi connectivity index (χ1) is 17.0. The molecule has 0 spiro atoms. The summed E-state index contributed by atoms with van der Waals surface area (Å²) in [5.74, 6) is -0.716. The minimum Gasteiger partial charge on any atom is -0.481 e. The predicted molar refractivity (Wildman–Crippen MR) is 134 cm³/mol. The van der Waals surface area contributed by atoms with Gasteiger partial charge in [-0.05, 0) is 40.7 Å². The van der Waals surface area contributed by atoms with E-state index < -0.39 is 24.1 Å². The molecule has 8 nitrogen and oxygen atoms in total. The van der Waals surface area contributed by atoms with Gasteiger partial charge >= 0.3 is 12.1 Å². The van der Waals surface area contributed by atoms with Gasteiger partial charge in [0.25, 0.3) is 0 Å². The second-order valence-electron chi connectivity index (χ2n) is 8.66. The van der Waals surface area contributed by atoms with Crippen molar-refractivity contribution in [3.05, 3.63) is 59.7 Å². The summed E-state index contributed by atoms with van der Waals surface area (Å²) in [6.07, 6.45) is 1.48. The maximum absolute atomic E-state index is 13.3. The van der Waals surface area contributed by atoms with E-state index >= 15 is 0 Å². The Kier molecular flexibility index (Phi) is 8.30. The van der Waals surface area contributed by atoms with Crippen LogP contribution in [0.2, 0.25) is 0 Å². The first-order valence-electron chi connectivity index (χ1n) is 11.7. The molecule has 2 N–H and O–H groups in total. The molecule has 1 heterocycles. The van der Waals surface area contributed by atoms with Crippen LogP contribution in [0.3, 0.4) is 0 Å². The molecular weight excluding hydrogens is 468 g/mol. The van der Waals surface area contributed by atoms with Gasteiger partial charge in [0.2, 0.25) is 5.91 Å². The number of nitrogens with zero attached hydrogens (tertiary/aromatic N) is 1. The van der Waals surface area contributed by atoms with Crippen molar-refractivity contribution < 1.29 is 29.0 Å². The Hall–Kier alpha value is -3.04. The number of hydrogen-bond acceptors (Lipinski definition) is 6. The number of fused-ring (bicyclic) bond motifs is 3. The number of amides is 2. The zero-order valence-electron chi connectivity index (χ0n) is 19.6. The molecule has 2 atom stereocenters. The van der Waals surface area contributed by atoms with Gasteiger partial charge in [-0.15, -0.1) is 0 Å². The summed E-state index contributed by atoms with van der Waals surface area (Å²) in [7, 11) is 0. The molecule has 35 heavy (non-hydrogen) atoms. The number of aliphatic carboxylic acids is 1. The lowest BCUT2D eigenvalue weighted by Crippen LogP contribution is -2.56. The van der Waals surface area contributed by atoms with Crippen molar-refractivity contribution in [3.63, 3.8) is 0 Å². The van der Waals surface area contributed by atoms with Crippen LogP contribution in [0, 0.1) is 0 Å². The van der Waals surface area contributed by atoms with E-state index in [2.05, 4.69) is 17.4 Å². The van der Waals surface area contributed by atoms with Crippen molar-refractivity contribution in [3.8, 4) is 11.1 Å². The van der Waals surface area contributed by atoms with Crippen molar-refractivity contribution in [1.29, 1.82) is 0 Å². The Morgan fingerprint density at radius 2 is 1.80 bits per heavy atom. The van der Waals surface area contributed by atoms with Crippen LogP contribution in [0.4, 0.5) is 4.79 Å². The minimum atomic E-state index is -0.997. The van der Waals surface area contributed by atoms with Gasteiger partial charge in [-0.3, -0.25) is 9.59 Å². The first-order valence-corrected chi connectivity index (χ1v) is 13.1. The summed E-state index contributed by atoms with van der Waals surface area (Å²) in [4.78, 5) is 38.9. The van der Waals surface area contributed by atoms with E-state index in [1.54, 1.807) is 11.8 Å². The molecule has 2 aliphatic rings. The summed E-state index contributed by atoms with van der Waals surface area (Å²) in [6.45, 7) is 0.946.